The Balaban J connectivity index is 3.17. The molecule has 0 unspecified atom stereocenters. The van der Waals surface area contributed by atoms with E-state index in [4.69, 9.17) is 15.2 Å². The van der Waals surface area contributed by atoms with Gasteiger partial charge >= 0.3 is 6.18 Å². The second kappa shape index (κ2) is 11.1. The van der Waals surface area contributed by atoms with Crippen LogP contribution in [0.3, 0.4) is 0 Å². The molecule has 5 N–H and O–H groups in total. The van der Waals surface area contributed by atoms with E-state index in [1.54, 1.807) is 0 Å². The summed E-state index contributed by atoms with van der Waals surface area (Å²) in [5.41, 5.74) is 5.96. The fourth-order valence-electron chi connectivity index (χ4n) is 2.66. The van der Waals surface area contributed by atoms with Crippen LogP contribution in [-0.4, -0.2) is 62.1 Å². The number of aliphatic hydroxyl groups is 1. The molecule has 1 aromatic rings. The van der Waals surface area contributed by atoms with Crippen LogP contribution in [0.1, 0.15) is 25.5 Å². The van der Waals surface area contributed by atoms with E-state index in [0.29, 0.717) is 5.75 Å². The summed E-state index contributed by atoms with van der Waals surface area (Å²) in [4.78, 5) is 25.2. The van der Waals surface area contributed by atoms with Gasteiger partial charge < -0.3 is 30.9 Å². The van der Waals surface area contributed by atoms with E-state index in [1.165, 1.54) is 52.3 Å². The number of nitrogens with one attached hydrogen (secondary N) is 2. The van der Waals surface area contributed by atoms with Crippen molar-refractivity contribution in [1.82, 2.24) is 10.6 Å². The molecule has 0 saturated heterocycles. The lowest BCUT2D eigenvalue weighted by Gasteiger charge is -2.31. The Morgan fingerprint density at radius 1 is 1.10 bits per heavy atom. The van der Waals surface area contributed by atoms with Crippen LogP contribution in [0, 0.1) is 5.92 Å². The highest BCUT2D eigenvalue weighted by molar-refractivity contribution is 5.90. The lowest BCUT2D eigenvalue weighted by atomic mass is 9.96. The van der Waals surface area contributed by atoms with E-state index in [1.807, 2.05) is 0 Å². The topological polar surface area (TPSA) is 123 Å². The second-order valence-electron chi connectivity index (χ2n) is 7.04. The molecule has 0 aliphatic carbocycles. The molecule has 0 aliphatic rings. The van der Waals surface area contributed by atoms with Crippen LogP contribution in [0.2, 0.25) is 0 Å². The van der Waals surface area contributed by atoms with Crippen LogP contribution in [0.15, 0.2) is 24.3 Å². The summed E-state index contributed by atoms with van der Waals surface area (Å²) >= 11 is 0. The number of amides is 2. The van der Waals surface area contributed by atoms with Crippen molar-refractivity contribution in [1.29, 1.82) is 0 Å². The summed E-state index contributed by atoms with van der Waals surface area (Å²) in [5.74, 6) is -1.92. The van der Waals surface area contributed by atoms with Gasteiger partial charge in [0.2, 0.25) is 11.8 Å². The Morgan fingerprint density at radius 2 is 1.67 bits per heavy atom. The van der Waals surface area contributed by atoms with Gasteiger partial charge in [0, 0.05) is 7.11 Å². The minimum Gasteiger partial charge on any atom is -0.497 e. The van der Waals surface area contributed by atoms with Gasteiger partial charge in [-0.05, 0) is 23.6 Å². The standard InChI is InChI=1S/C19H28F3N3O5/c1-10(2)14(16(26)19(20,21)22)24-18(28)15(25-17(27)13(23)9-29-3)11-5-7-12(30-4)8-6-11/h5-8,10,13-16,26H,9,23H2,1-4H3,(H,24,28)(H,25,27)/t13-,14-,15-,16-/m0/s1. The van der Waals surface area contributed by atoms with E-state index < -0.39 is 48.1 Å². The van der Waals surface area contributed by atoms with Gasteiger partial charge in [0.05, 0.1) is 19.8 Å². The Labute approximate surface area is 172 Å². The lowest BCUT2D eigenvalue weighted by Crippen LogP contribution is -2.56. The third-order valence-corrected chi connectivity index (χ3v) is 4.38. The first-order valence-electron chi connectivity index (χ1n) is 9.16. The normalized spacial score (nSPS) is 15.8. The SMILES string of the molecule is COC[C@H](N)C(=O)N[C@H](C(=O)N[C@@H](C(C)C)[C@H](O)C(F)(F)F)c1ccc(OC)cc1. The van der Waals surface area contributed by atoms with Gasteiger partial charge in [-0.15, -0.1) is 0 Å². The van der Waals surface area contributed by atoms with Crippen LogP contribution < -0.4 is 21.1 Å². The highest BCUT2D eigenvalue weighted by atomic mass is 19.4. The van der Waals surface area contributed by atoms with Crippen molar-refractivity contribution < 1.29 is 37.3 Å². The number of hydrogen-bond donors (Lipinski definition) is 4. The highest BCUT2D eigenvalue weighted by Gasteiger charge is 2.45. The van der Waals surface area contributed by atoms with Gasteiger partial charge in [-0.1, -0.05) is 26.0 Å². The van der Waals surface area contributed by atoms with Crippen molar-refractivity contribution in [2.24, 2.45) is 11.7 Å². The Kier molecular flexibility index (Phi) is 9.53. The Hall–Kier alpha value is -2.37. The number of methoxy groups -OCH3 is 2. The quantitative estimate of drug-likeness (QED) is 0.433. The maximum Gasteiger partial charge on any atom is 0.416 e. The average Bonchev–Trinajstić information content (AvgIpc) is 2.68. The molecule has 0 saturated carbocycles. The second-order valence-corrected chi connectivity index (χ2v) is 7.04. The van der Waals surface area contributed by atoms with Crippen LogP contribution in [-0.2, 0) is 14.3 Å². The Bertz CT molecular complexity index is 698. The van der Waals surface area contributed by atoms with Crippen molar-refractivity contribution in [3.63, 3.8) is 0 Å². The summed E-state index contributed by atoms with van der Waals surface area (Å²) in [5, 5.41) is 14.3. The molecule has 30 heavy (non-hydrogen) atoms. The van der Waals surface area contributed by atoms with Crippen molar-refractivity contribution >= 4 is 11.8 Å². The zero-order valence-corrected chi connectivity index (χ0v) is 17.2. The molecule has 0 fully saturated rings. The van der Waals surface area contributed by atoms with Crippen LogP contribution >= 0.6 is 0 Å². The largest absolute Gasteiger partial charge is 0.497 e. The van der Waals surface area contributed by atoms with Crippen molar-refractivity contribution in [2.75, 3.05) is 20.8 Å². The zero-order chi connectivity index (χ0) is 23.1. The Morgan fingerprint density at radius 3 is 2.10 bits per heavy atom. The maximum absolute atomic E-state index is 13.0. The first kappa shape index (κ1) is 25.7. The van der Waals surface area contributed by atoms with E-state index >= 15 is 0 Å². The van der Waals surface area contributed by atoms with E-state index in [-0.39, 0.29) is 12.2 Å². The minimum atomic E-state index is -4.93. The van der Waals surface area contributed by atoms with Crippen molar-refractivity contribution in [2.45, 2.75) is 44.3 Å². The van der Waals surface area contributed by atoms with E-state index in [9.17, 15) is 27.9 Å². The molecule has 2 amide bonds. The van der Waals surface area contributed by atoms with Gasteiger partial charge in [-0.3, -0.25) is 9.59 Å². The fraction of sp³-hybridized carbons (Fsp3) is 0.579. The third kappa shape index (κ3) is 7.15. The smallest absolute Gasteiger partial charge is 0.416 e. The fourth-order valence-corrected chi connectivity index (χ4v) is 2.66. The molecule has 0 bridgehead atoms. The van der Waals surface area contributed by atoms with Crippen molar-refractivity contribution in [3.05, 3.63) is 29.8 Å². The predicted octanol–water partition coefficient (Wildman–Crippen LogP) is 0.890. The van der Waals surface area contributed by atoms with Gasteiger partial charge in [0.1, 0.15) is 17.8 Å². The number of carbonyl (C=O) groups excluding carboxylic acids is 2. The number of alkyl halides is 3. The summed E-state index contributed by atoms with van der Waals surface area (Å²) in [6.07, 6.45) is -7.70. The maximum atomic E-state index is 13.0. The number of benzene rings is 1. The third-order valence-electron chi connectivity index (χ3n) is 4.38. The summed E-state index contributed by atoms with van der Waals surface area (Å²) < 4.78 is 48.9. The summed E-state index contributed by atoms with van der Waals surface area (Å²) in [6, 6.07) is 1.95. The zero-order valence-electron chi connectivity index (χ0n) is 17.2. The molecule has 0 radical (unpaired) electrons. The number of hydrogen-bond acceptors (Lipinski definition) is 6. The molecule has 1 rings (SSSR count). The van der Waals surface area contributed by atoms with E-state index in [2.05, 4.69) is 10.6 Å². The van der Waals surface area contributed by atoms with Crippen LogP contribution in [0.25, 0.3) is 0 Å². The number of carbonyl (C=O) groups is 2. The average molecular weight is 435 g/mol. The number of halogens is 3. The molecule has 1 aromatic carbocycles. The summed E-state index contributed by atoms with van der Waals surface area (Å²) in [6.45, 7) is 2.73. The highest BCUT2D eigenvalue weighted by Crippen LogP contribution is 2.26. The molecule has 0 aromatic heterocycles. The van der Waals surface area contributed by atoms with Gasteiger partial charge in [-0.25, -0.2) is 0 Å². The number of nitrogens with two attached hydrogens (primary N) is 1. The monoisotopic (exact) mass is 435 g/mol. The number of aliphatic hydroxyl groups excluding tert-OH is 1. The predicted molar refractivity (Wildman–Crippen MR) is 103 cm³/mol. The van der Waals surface area contributed by atoms with Crippen molar-refractivity contribution in [3.8, 4) is 5.75 Å². The van der Waals surface area contributed by atoms with Gasteiger partial charge in [0.25, 0.3) is 0 Å². The van der Waals surface area contributed by atoms with Gasteiger partial charge in [-0.2, -0.15) is 13.2 Å². The first-order chi connectivity index (χ1) is 13.9. The molecule has 11 heteroatoms. The first-order valence-corrected chi connectivity index (χ1v) is 9.16. The van der Waals surface area contributed by atoms with Crippen LogP contribution in [0.5, 0.6) is 5.75 Å². The van der Waals surface area contributed by atoms with Crippen LogP contribution in [0.4, 0.5) is 13.2 Å². The number of ether oxygens (including phenoxy) is 2. The molecule has 4 atom stereocenters. The van der Waals surface area contributed by atoms with Gasteiger partial charge in [0.15, 0.2) is 6.10 Å². The molecule has 0 aliphatic heterocycles. The molecule has 8 nitrogen and oxygen atoms in total. The summed E-state index contributed by atoms with van der Waals surface area (Å²) in [7, 11) is 2.78. The van der Waals surface area contributed by atoms with E-state index in [0.717, 1.165) is 0 Å². The molecule has 0 spiro atoms. The lowest BCUT2D eigenvalue weighted by molar-refractivity contribution is -0.215. The number of rotatable bonds is 10. The molecule has 0 heterocycles. The molecular weight excluding hydrogens is 407 g/mol. The molecule has 170 valence electrons. The minimum absolute atomic E-state index is 0.121. The molecular formula is C19H28F3N3O5.